The SMILES string of the molecule is CCOC(=O)C1Nc2ccccc2NC(C)=C1C(=O)OC. The van der Waals surface area contributed by atoms with Gasteiger partial charge in [-0.1, -0.05) is 12.1 Å². The standard InChI is InChI=1S/C15H18N2O4/c1-4-21-15(19)13-12(14(18)20-3)9(2)16-10-7-5-6-8-11(10)17-13/h5-8,13,16-17H,4H2,1-3H3. The van der Waals surface area contributed by atoms with Crippen LogP contribution in [0.15, 0.2) is 35.5 Å². The van der Waals surface area contributed by atoms with Gasteiger partial charge in [0.2, 0.25) is 0 Å². The second-order valence-electron chi connectivity index (χ2n) is 4.53. The summed E-state index contributed by atoms with van der Waals surface area (Å²) in [6, 6.07) is 6.47. The van der Waals surface area contributed by atoms with Gasteiger partial charge >= 0.3 is 11.9 Å². The van der Waals surface area contributed by atoms with Gasteiger partial charge in [-0.05, 0) is 26.0 Å². The van der Waals surface area contributed by atoms with Crippen LogP contribution >= 0.6 is 0 Å². The lowest BCUT2D eigenvalue weighted by Gasteiger charge is -2.19. The smallest absolute Gasteiger partial charge is 0.338 e. The van der Waals surface area contributed by atoms with Gasteiger partial charge < -0.3 is 20.1 Å². The lowest BCUT2D eigenvalue weighted by atomic mass is 10.1. The highest BCUT2D eigenvalue weighted by atomic mass is 16.5. The number of rotatable bonds is 3. The molecular formula is C15H18N2O4. The fourth-order valence-electron chi connectivity index (χ4n) is 2.21. The number of methoxy groups -OCH3 is 1. The second kappa shape index (κ2) is 6.30. The van der Waals surface area contributed by atoms with Crippen molar-refractivity contribution in [2.75, 3.05) is 24.4 Å². The molecule has 1 aliphatic rings. The molecule has 0 radical (unpaired) electrons. The fourth-order valence-corrected chi connectivity index (χ4v) is 2.21. The van der Waals surface area contributed by atoms with Gasteiger partial charge in [0.15, 0.2) is 6.04 Å². The maximum absolute atomic E-state index is 12.2. The van der Waals surface area contributed by atoms with Gasteiger partial charge in [-0.15, -0.1) is 0 Å². The summed E-state index contributed by atoms with van der Waals surface area (Å²) in [7, 11) is 1.28. The molecule has 0 aromatic heterocycles. The van der Waals surface area contributed by atoms with Crippen molar-refractivity contribution in [2.45, 2.75) is 19.9 Å². The number of carbonyl (C=O) groups excluding carboxylic acids is 2. The van der Waals surface area contributed by atoms with E-state index in [4.69, 9.17) is 9.47 Å². The molecule has 1 aromatic rings. The molecule has 112 valence electrons. The van der Waals surface area contributed by atoms with Crippen LogP contribution in [0, 0.1) is 0 Å². The second-order valence-corrected chi connectivity index (χ2v) is 4.53. The molecule has 2 rings (SSSR count). The van der Waals surface area contributed by atoms with Crippen molar-refractivity contribution >= 4 is 23.3 Å². The Labute approximate surface area is 123 Å². The van der Waals surface area contributed by atoms with E-state index in [2.05, 4.69) is 10.6 Å². The Morgan fingerprint density at radius 1 is 1.24 bits per heavy atom. The number of allylic oxidation sites excluding steroid dienone is 1. The third kappa shape index (κ3) is 2.99. The summed E-state index contributed by atoms with van der Waals surface area (Å²) in [6.45, 7) is 3.68. The highest BCUT2D eigenvalue weighted by Crippen LogP contribution is 2.30. The highest BCUT2D eigenvalue weighted by molar-refractivity contribution is 6.01. The van der Waals surface area contributed by atoms with Gasteiger partial charge in [-0.2, -0.15) is 0 Å². The fraction of sp³-hybridized carbons (Fsp3) is 0.333. The molecule has 1 aliphatic heterocycles. The number of nitrogens with one attached hydrogen (secondary N) is 2. The number of hydrogen-bond acceptors (Lipinski definition) is 6. The minimum Gasteiger partial charge on any atom is -0.466 e. The van der Waals surface area contributed by atoms with E-state index < -0.39 is 18.0 Å². The van der Waals surface area contributed by atoms with E-state index in [1.165, 1.54) is 7.11 Å². The predicted molar refractivity (Wildman–Crippen MR) is 78.8 cm³/mol. The number of esters is 2. The van der Waals surface area contributed by atoms with Crippen molar-refractivity contribution in [3.8, 4) is 0 Å². The number of para-hydroxylation sites is 2. The summed E-state index contributed by atoms with van der Waals surface area (Å²) in [5.41, 5.74) is 2.27. The van der Waals surface area contributed by atoms with Crippen LogP contribution in [-0.2, 0) is 19.1 Å². The quantitative estimate of drug-likeness (QED) is 0.828. The zero-order valence-electron chi connectivity index (χ0n) is 12.2. The van der Waals surface area contributed by atoms with Crippen molar-refractivity contribution in [3.63, 3.8) is 0 Å². The molecule has 0 saturated heterocycles. The molecule has 6 nitrogen and oxygen atoms in total. The van der Waals surface area contributed by atoms with Crippen molar-refractivity contribution in [2.24, 2.45) is 0 Å². The summed E-state index contributed by atoms with van der Waals surface area (Å²) in [5.74, 6) is -1.09. The first-order chi connectivity index (χ1) is 10.1. The molecule has 1 aromatic carbocycles. The zero-order chi connectivity index (χ0) is 15.4. The molecule has 1 unspecified atom stereocenters. The first kappa shape index (κ1) is 14.9. The van der Waals surface area contributed by atoms with E-state index >= 15 is 0 Å². The largest absolute Gasteiger partial charge is 0.466 e. The molecule has 0 amide bonds. The van der Waals surface area contributed by atoms with Gasteiger partial charge in [0, 0.05) is 5.70 Å². The van der Waals surface area contributed by atoms with Crippen LogP contribution in [0.2, 0.25) is 0 Å². The molecular weight excluding hydrogens is 272 g/mol. The van der Waals surface area contributed by atoms with Crippen LogP contribution in [0.4, 0.5) is 11.4 Å². The van der Waals surface area contributed by atoms with Crippen LogP contribution in [-0.4, -0.2) is 31.7 Å². The van der Waals surface area contributed by atoms with E-state index in [0.717, 1.165) is 5.69 Å². The maximum Gasteiger partial charge on any atom is 0.338 e. The highest BCUT2D eigenvalue weighted by Gasteiger charge is 2.34. The van der Waals surface area contributed by atoms with Gasteiger partial charge in [0.1, 0.15) is 0 Å². The number of benzene rings is 1. The minimum atomic E-state index is -0.909. The van der Waals surface area contributed by atoms with Crippen LogP contribution < -0.4 is 10.6 Å². The summed E-state index contributed by atoms with van der Waals surface area (Å²) < 4.78 is 9.84. The number of anilines is 2. The first-order valence-electron chi connectivity index (χ1n) is 6.66. The lowest BCUT2D eigenvalue weighted by Crippen LogP contribution is -2.36. The van der Waals surface area contributed by atoms with E-state index in [-0.39, 0.29) is 12.2 Å². The van der Waals surface area contributed by atoms with Gasteiger partial charge in [-0.25, -0.2) is 9.59 Å². The van der Waals surface area contributed by atoms with E-state index in [1.54, 1.807) is 13.8 Å². The minimum absolute atomic E-state index is 0.215. The van der Waals surface area contributed by atoms with Crippen molar-refractivity contribution in [3.05, 3.63) is 35.5 Å². The van der Waals surface area contributed by atoms with Gasteiger partial charge in [-0.3, -0.25) is 0 Å². The molecule has 0 aliphatic carbocycles. The number of ether oxygens (including phenoxy) is 2. The van der Waals surface area contributed by atoms with Crippen LogP contribution in [0.25, 0.3) is 0 Å². The van der Waals surface area contributed by atoms with Crippen molar-refractivity contribution in [1.82, 2.24) is 0 Å². The maximum atomic E-state index is 12.2. The third-order valence-electron chi connectivity index (χ3n) is 3.17. The van der Waals surface area contributed by atoms with Crippen LogP contribution in [0.1, 0.15) is 13.8 Å². The molecule has 0 spiro atoms. The van der Waals surface area contributed by atoms with E-state index in [9.17, 15) is 9.59 Å². The van der Waals surface area contributed by atoms with Crippen LogP contribution in [0.5, 0.6) is 0 Å². The van der Waals surface area contributed by atoms with Gasteiger partial charge in [0.25, 0.3) is 0 Å². The Hall–Kier alpha value is -2.50. The molecule has 0 fully saturated rings. The monoisotopic (exact) mass is 290 g/mol. The summed E-state index contributed by atoms with van der Waals surface area (Å²) in [6.07, 6.45) is 0. The molecule has 1 heterocycles. The Morgan fingerprint density at radius 3 is 2.52 bits per heavy atom. The van der Waals surface area contributed by atoms with Crippen LogP contribution in [0.3, 0.4) is 0 Å². The topological polar surface area (TPSA) is 76.7 Å². The number of fused-ring (bicyclic) bond motifs is 1. The first-order valence-corrected chi connectivity index (χ1v) is 6.66. The molecule has 0 bridgehead atoms. The molecule has 2 N–H and O–H groups in total. The summed E-state index contributed by atoms with van der Waals surface area (Å²) in [4.78, 5) is 24.2. The lowest BCUT2D eigenvalue weighted by molar-refractivity contribution is -0.145. The van der Waals surface area contributed by atoms with Crippen molar-refractivity contribution in [1.29, 1.82) is 0 Å². The summed E-state index contributed by atoms with van der Waals surface area (Å²) in [5, 5.41) is 6.17. The Kier molecular flexibility index (Phi) is 4.47. The Bertz CT molecular complexity index is 595. The molecule has 6 heteroatoms. The summed E-state index contributed by atoms with van der Waals surface area (Å²) >= 11 is 0. The van der Waals surface area contributed by atoms with Gasteiger partial charge in [0.05, 0.1) is 30.7 Å². The average Bonchev–Trinajstić information content (AvgIpc) is 2.62. The molecule has 1 atom stereocenters. The van der Waals surface area contributed by atoms with E-state index in [0.29, 0.717) is 11.4 Å². The number of hydrogen-bond donors (Lipinski definition) is 2. The molecule has 0 saturated carbocycles. The Morgan fingerprint density at radius 2 is 1.90 bits per heavy atom. The predicted octanol–water partition coefficient (Wildman–Crippen LogP) is 1.90. The average molecular weight is 290 g/mol. The normalized spacial score (nSPS) is 17.0. The Balaban J connectivity index is 2.48. The third-order valence-corrected chi connectivity index (χ3v) is 3.17. The molecule has 21 heavy (non-hydrogen) atoms. The van der Waals surface area contributed by atoms with E-state index in [1.807, 2.05) is 24.3 Å². The van der Waals surface area contributed by atoms with Crippen molar-refractivity contribution < 1.29 is 19.1 Å². The zero-order valence-corrected chi connectivity index (χ0v) is 12.2. The number of carbonyl (C=O) groups is 2.